The third kappa shape index (κ3) is 3.94. The van der Waals surface area contributed by atoms with E-state index in [1.165, 1.54) is 23.1 Å². The van der Waals surface area contributed by atoms with Gasteiger partial charge in [-0.05, 0) is 44.0 Å². The van der Waals surface area contributed by atoms with Crippen molar-refractivity contribution < 1.29 is 4.79 Å². The molecule has 0 aliphatic heterocycles. The smallest absolute Gasteiger partial charge is 0.237 e. The van der Waals surface area contributed by atoms with E-state index in [-0.39, 0.29) is 11.2 Å². The van der Waals surface area contributed by atoms with Gasteiger partial charge in [0, 0.05) is 5.69 Å². The van der Waals surface area contributed by atoms with Gasteiger partial charge >= 0.3 is 0 Å². The molecular formula is C13H16N4OS2. The van der Waals surface area contributed by atoms with Gasteiger partial charge in [-0.3, -0.25) is 4.79 Å². The third-order valence-corrected chi connectivity index (χ3v) is 4.49. The summed E-state index contributed by atoms with van der Waals surface area (Å²) in [5.41, 5.74) is 8.58. The lowest BCUT2D eigenvalue weighted by Crippen LogP contribution is -2.22. The highest BCUT2D eigenvalue weighted by molar-refractivity contribution is 8.02. The van der Waals surface area contributed by atoms with Gasteiger partial charge in [0.1, 0.15) is 0 Å². The van der Waals surface area contributed by atoms with Crippen molar-refractivity contribution in [1.82, 2.24) is 10.2 Å². The number of thioether (sulfide) groups is 1. The van der Waals surface area contributed by atoms with Crippen molar-refractivity contribution in [2.24, 2.45) is 0 Å². The van der Waals surface area contributed by atoms with E-state index >= 15 is 0 Å². The summed E-state index contributed by atoms with van der Waals surface area (Å²) < 4.78 is 0.700. The van der Waals surface area contributed by atoms with Crippen molar-refractivity contribution in [2.45, 2.75) is 30.4 Å². The van der Waals surface area contributed by atoms with Crippen LogP contribution in [0.3, 0.4) is 0 Å². The van der Waals surface area contributed by atoms with E-state index in [4.69, 9.17) is 5.73 Å². The molecule has 1 aromatic heterocycles. The summed E-state index contributed by atoms with van der Waals surface area (Å²) >= 11 is 2.64. The normalized spacial score (nSPS) is 12.2. The number of aromatic nitrogens is 2. The van der Waals surface area contributed by atoms with Crippen LogP contribution in [0.25, 0.3) is 0 Å². The van der Waals surface area contributed by atoms with E-state index in [2.05, 4.69) is 21.6 Å². The third-order valence-electron chi connectivity index (χ3n) is 2.56. The van der Waals surface area contributed by atoms with E-state index in [1.54, 1.807) is 0 Å². The summed E-state index contributed by atoms with van der Waals surface area (Å²) in [7, 11) is 0. The first kappa shape index (κ1) is 14.8. The Morgan fingerprint density at radius 1 is 1.30 bits per heavy atom. The molecule has 1 amide bonds. The maximum Gasteiger partial charge on any atom is 0.237 e. The predicted molar refractivity (Wildman–Crippen MR) is 84.2 cm³/mol. The minimum absolute atomic E-state index is 0.0613. The molecule has 0 aliphatic carbocycles. The maximum absolute atomic E-state index is 12.1. The van der Waals surface area contributed by atoms with Crippen LogP contribution in [0.1, 0.15) is 18.1 Å². The SMILES string of the molecule is Cc1cc(C)cc(NC(=O)C(C)Sc2nnc(N)s2)c1. The topological polar surface area (TPSA) is 80.9 Å². The average molecular weight is 308 g/mol. The fourth-order valence-electron chi connectivity index (χ4n) is 1.76. The first-order valence-electron chi connectivity index (χ1n) is 6.09. The molecule has 2 aromatic rings. The van der Waals surface area contributed by atoms with Gasteiger partial charge in [-0.25, -0.2) is 0 Å². The van der Waals surface area contributed by atoms with Gasteiger partial charge in [0.15, 0.2) is 4.34 Å². The number of nitrogens with zero attached hydrogens (tertiary/aromatic N) is 2. The number of rotatable bonds is 4. The number of anilines is 2. The summed E-state index contributed by atoms with van der Waals surface area (Å²) in [6.45, 7) is 5.84. The first-order valence-corrected chi connectivity index (χ1v) is 7.78. The lowest BCUT2D eigenvalue weighted by molar-refractivity contribution is -0.115. The summed E-state index contributed by atoms with van der Waals surface area (Å²) in [5, 5.41) is 10.7. The molecule has 0 spiro atoms. The minimum atomic E-state index is -0.261. The number of benzene rings is 1. The summed E-state index contributed by atoms with van der Waals surface area (Å²) in [6, 6.07) is 5.97. The van der Waals surface area contributed by atoms with Crippen LogP contribution in [0.2, 0.25) is 0 Å². The van der Waals surface area contributed by atoms with Crippen molar-refractivity contribution >= 4 is 39.8 Å². The number of amides is 1. The summed E-state index contributed by atoms with van der Waals surface area (Å²) in [5.74, 6) is -0.0613. The van der Waals surface area contributed by atoms with Crippen molar-refractivity contribution in [1.29, 1.82) is 0 Å². The fourth-order valence-corrected chi connectivity index (χ4v) is 3.54. The zero-order chi connectivity index (χ0) is 14.7. The highest BCUT2D eigenvalue weighted by Crippen LogP contribution is 2.28. The predicted octanol–water partition coefficient (Wildman–Crippen LogP) is 2.86. The molecule has 0 bridgehead atoms. The molecule has 7 heteroatoms. The lowest BCUT2D eigenvalue weighted by Gasteiger charge is -2.11. The Kier molecular flexibility index (Phi) is 4.61. The summed E-state index contributed by atoms with van der Waals surface area (Å²) in [4.78, 5) is 12.1. The molecule has 0 radical (unpaired) electrons. The standard InChI is InChI=1S/C13H16N4OS2/c1-7-4-8(2)6-10(5-7)15-11(18)9(3)19-13-17-16-12(14)20-13/h4-6,9H,1-3H3,(H2,14,16)(H,15,18). The number of nitrogens with two attached hydrogens (primary N) is 1. The van der Waals surface area contributed by atoms with Crippen LogP contribution >= 0.6 is 23.1 Å². The Hall–Kier alpha value is -1.60. The van der Waals surface area contributed by atoms with Crippen LogP contribution in [0.4, 0.5) is 10.8 Å². The molecule has 0 saturated heterocycles. The second-order valence-corrected chi connectivity index (χ2v) is 7.13. The highest BCUT2D eigenvalue weighted by atomic mass is 32.2. The number of nitrogen functional groups attached to an aromatic ring is 1. The minimum Gasteiger partial charge on any atom is -0.374 e. The molecule has 0 saturated carbocycles. The van der Waals surface area contributed by atoms with Crippen LogP contribution in [-0.4, -0.2) is 21.4 Å². The van der Waals surface area contributed by atoms with E-state index < -0.39 is 0 Å². The van der Waals surface area contributed by atoms with E-state index in [0.717, 1.165) is 16.8 Å². The van der Waals surface area contributed by atoms with Crippen LogP contribution in [-0.2, 0) is 4.79 Å². The van der Waals surface area contributed by atoms with Gasteiger partial charge in [0.25, 0.3) is 0 Å². The van der Waals surface area contributed by atoms with Gasteiger partial charge in [0.2, 0.25) is 11.0 Å². The van der Waals surface area contributed by atoms with Gasteiger partial charge in [-0.2, -0.15) is 0 Å². The molecule has 106 valence electrons. The Bertz CT molecular complexity index is 606. The largest absolute Gasteiger partial charge is 0.374 e. The van der Waals surface area contributed by atoms with Crippen molar-refractivity contribution in [3.63, 3.8) is 0 Å². The Labute approximate surface area is 126 Å². The van der Waals surface area contributed by atoms with Gasteiger partial charge < -0.3 is 11.1 Å². The van der Waals surface area contributed by atoms with E-state index in [1.807, 2.05) is 32.9 Å². The molecule has 2 rings (SSSR count). The summed E-state index contributed by atoms with van der Waals surface area (Å²) in [6.07, 6.45) is 0. The average Bonchev–Trinajstić information content (AvgIpc) is 2.73. The van der Waals surface area contributed by atoms with Crippen molar-refractivity contribution in [2.75, 3.05) is 11.1 Å². The molecule has 0 aliphatic rings. The maximum atomic E-state index is 12.1. The van der Waals surface area contributed by atoms with Gasteiger partial charge in [0.05, 0.1) is 5.25 Å². The number of nitrogens with one attached hydrogen (secondary N) is 1. The molecule has 3 N–H and O–H groups in total. The molecule has 5 nitrogen and oxygen atoms in total. The molecule has 20 heavy (non-hydrogen) atoms. The number of carbonyl (C=O) groups is 1. The van der Waals surface area contributed by atoms with Gasteiger partial charge in [-0.1, -0.05) is 29.2 Å². The molecule has 1 aromatic carbocycles. The van der Waals surface area contributed by atoms with Crippen molar-refractivity contribution in [3.05, 3.63) is 29.3 Å². The highest BCUT2D eigenvalue weighted by Gasteiger charge is 2.17. The van der Waals surface area contributed by atoms with E-state index in [9.17, 15) is 4.79 Å². The van der Waals surface area contributed by atoms with E-state index in [0.29, 0.717) is 9.47 Å². The van der Waals surface area contributed by atoms with Gasteiger partial charge in [-0.15, -0.1) is 10.2 Å². The Morgan fingerprint density at radius 3 is 2.50 bits per heavy atom. The van der Waals surface area contributed by atoms with Crippen LogP contribution in [0.5, 0.6) is 0 Å². The zero-order valence-electron chi connectivity index (χ0n) is 11.5. The Balaban J connectivity index is 2.00. The first-order chi connectivity index (χ1) is 9.44. The zero-order valence-corrected chi connectivity index (χ0v) is 13.1. The molecule has 0 fully saturated rings. The lowest BCUT2D eigenvalue weighted by atomic mass is 10.1. The number of hydrogen-bond acceptors (Lipinski definition) is 6. The monoisotopic (exact) mass is 308 g/mol. The van der Waals surface area contributed by atoms with Crippen LogP contribution in [0, 0.1) is 13.8 Å². The second-order valence-electron chi connectivity index (χ2n) is 4.53. The molecular weight excluding hydrogens is 292 g/mol. The molecule has 1 unspecified atom stereocenters. The number of aryl methyl sites for hydroxylation is 2. The Morgan fingerprint density at radius 2 is 1.95 bits per heavy atom. The fraction of sp³-hybridized carbons (Fsp3) is 0.308. The number of carbonyl (C=O) groups excluding carboxylic acids is 1. The van der Waals surface area contributed by atoms with Crippen LogP contribution in [0.15, 0.2) is 22.5 Å². The van der Waals surface area contributed by atoms with Crippen molar-refractivity contribution in [3.8, 4) is 0 Å². The number of hydrogen-bond donors (Lipinski definition) is 2. The van der Waals surface area contributed by atoms with Crippen LogP contribution < -0.4 is 11.1 Å². The second kappa shape index (κ2) is 6.23. The quantitative estimate of drug-likeness (QED) is 0.849. The molecule has 1 heterocycles. The molecule has 1 atom stereocenters.